The van der Waals surface area contributed by atoms with Gasteiger partial charge in [0.05, 0.1) is 13.7 Å². The standard InChI is InChI=1S/C18H19NO6/c1-11-15(18(22)23)9-14(25-11)10-19-17(21)8-7-16(20)12-3-5-13(24-2)6-4-12/h3-6,9H,7-8,10H2,1-2H3,(H,19,21)(H,22,23). The molecule has 2 N–H and O–H groups in total. The zero-order chi connectivity index (χ0) is 18.4. The number of aryl methyl sites for hydroxylation is 1. The van der Waals surface area contributed by atoms with Crippen molar-refractivity contribution in [2.45, 2.75) is 26.3 Å². The summed E-state index contributed by atoms with van der Waals surface area (Å²) in [5, 5.41) is 11.6. The molecule has 0 saturated heterocycles. The van der Waals surface area contributed by atoms with E-state index in [-0.39, 0.29) is 42.4 Å². The number of carboxylic acids is 1. The predicted molar refractivity (Wildman–Crippen MR) is 88.8 cm³/mol. The Morgan fingerprint density at radius 2 is 1.84 bits per heavy atom. The molecule has 0 unspecified atom stereocenters. The highest BCUT2D eigenvalue weighted by molar-refractivity contribution is 5.98. The first-order valence-corrected chi connectivity index (χ1v) is 7.67. The first-order valence-electron chi connectivity index (χ1n) is 7.67. The van der Waals surface area contributed by atoms with Crippen molar-refractivity contribution in [3.8, 4) is 5.75 Å². The van der Waals surface area contributed by atoms with E-state index in [9.17, 15) is 14.4 Å². The fourth-order valence-electron chi connectivity index (χ4n) is 2.27. The van der Waals surface area contributed by atoms with Crippen molar-refractivity contribution >= 4 is 17.7 Å². The number of hydrogen-bond acceptors (Lipinski definition) is 5. The number of rotatable bonds is 8. The van der Waals surface area contributed by atoms with Crippen LogP contribution in [0.5, 0.6) is 5.75 Å². The molecule has 25 heavy (non-hydrogen) atoms. The number of nitrogens with one attached hydrogen (secondary N) is 1. The molecule has 2 rings (SSSR count). The molecule has 1 aromatic heterocycles. The number of hydrogen-bond donors (Lipinski definition) is 2. The second-order valence-electron chi connectivity index (χ2n) is 5.42. The molecule has 0 saturated carbocycles. The number of ether oxygens (including phenoxy) is 1. The van der Waals surface area contributed by atoms with Gasteiger partial charge >= 0.3 is 5.97 Å². The van der Waals surface area contributed by atoms with Gasteiger partial charge in [0.25, 0.3) is 0 Å². The Kier molecular flexibility index (Phi) is 5.94. The maximum atomic E-state index is 12.0. The summed E-state index contributed by atoms with van der Waals surface area (Å²) in [5.41, 5.74) is 0.584. The molecule has 0 bridgehead atoms. The number of aromatic carboxylic acids is 1. The van der Waals surface area contributed by atoms with Gasteiger partial charge in [-0.3, -0.25) is 9.59 Å². The van der Waals surface area contributed by atoms with Crippen LogP contribution in [0.3, 0.4) is 0 Å². The topological polar surface area (TPSA) is 106 Å². The van der Waals surface area contributed by atoms with Gasteiger partial charge in [-0.2, -0.15) is 0 Å². The monoisotopic (exact) mass is 345 g/mol. The summed E-state index contributed by atoms with van der Waals surface area (Å²) in [6.45, 7) is 1.62. The van der Waals surface area contributed by atoms with Gasteiger partial charge in [-0.05, 0) is 37.3 Å². The minimum atomic E-state index is -1.08. The smallest absolute Gasteiger partial charge is 0.339 e. The lowest BCUT2D eigenvalue weighted by Crippen LogP contribution is -2.23. The normalized spacial score (nSPS) is 10.3. The van der Waals surface area contributed by atoms with Crippen molar-refractivity contribution in [2.75, 3.05) is 7.11 Å². The second-order valence-corrected chi connectivity index (χ2v) is 5.42. The van der Waals surface area contributed by atoms with Crippen LogP contribution in [0.4, 0.5) is 0 Å². The summed E-state index contributed by atoms with van der Waals surface area (Å²) < 4.78 is 10.3. The predicted octanol–water partition coefficient (Wildman–Crippen LogP) is 2.57. The highest BCUT2D eigenvalue weighted by Crippen LogP contribution is 2.15. The van der Waals surface area contributed by atoms with E-state index in [0.29, 0.717) is 17.1 Å². The minimum Gasteiger partial charge on any atom is -0.497 e. The summed E-state index contributed by atoms with van der Waals surface area (Å²) in [6, 6.07) is 8.05. The molecular formula is C18H19NO6. The summed E-state index contributed by atoms with van der Waals surface area (Å²) in [7, 11) is 1.54. The molecule has 0 aliphatic carbocycles. The van der Waals surface area contributed by atoms with Crippen LogP contribution >= 0.6 is 0 Å². The average Bonchev–Trinajstić information content (AvgIpc) is 2.99. The van der Waals surface area contributed by atoms with Crippen LogP contribution < -0.4 is 10.1 Å². The van der Waals surface area contributed by atoms with E-state index >= 15 is 0 Å². The number of Topliss-reactive ketones (excluding diaryl/α,β-unsaturated/α-hetero) is 1. The fourth-order valence-corrected chi connectivity index (χ4v) is 2.27. The van der Waals surface area contributed by atoms with Crippen molar-refractivity contribution in [1.82, 2.24) is 5.32 Å². The SMILES string of the molecule is COc1ccc(C(=O)CCC(=O)NCc2cc(C(=O)O)c(C)o2)cc1. The van der Waals surface area contributed by atoms with Gasteiger partial charge in [-0.15, -0.1) is 0 Å². The summed E-state index contributed by atoms with van der Waals surface area (Å²) in [4.78, 5) is 34.8. The highest BCUT2D eigenvalue weighted by atomic mass is 16.5. The molecule has 0 spiro atoms. The summed E-state index contributed by atoms with van der Waals surface area (Å²) in [6.07, 6.45) is 0.117. The number of carboxylic acid groups (broad SMARTS) is 1. The molecule has 1 amide bonds. The third-order valence-corrected chi connectivity index (χ3v) is 3.65. The van der Waals surface area contributed by atoms with Gasteiger partial charge in [0.1, 0.15) is 22.8 Å². The molecule has 1 aromatic carbocycles. The number of methoxy groups -OCH3 is 1. The maximum Gasteiger partial charge on any atom is 0.339 e. The van der Waals surface area contributed by atoms with Crippen LogP contribution in [0.25, 0.3) is 0 Å². The quantitative estimate of drug-likeness (QED) is 0.712. The van der Waals surface area contributed by atoms with Gasteiger partial charge < -0.3 is 19.6 Å². The third-order valence-electron chi connectivity index (χ3n) is 3.65. The maximum absolute atomic E-state index is 12.0. The van der Waals surface area contributed by atoms with Crippen molar-refractivity contribution < 1.29 is 28.6 Å². The van der Waals surface area contributed by atoms with Crippen molar-refractivity contribution in [3.05, 3.63) is 53.0 Å². The van der Waals surface area contributed by atoms with Gasteiger partial charge in [0, 0.05) is 18.4 Å². The van der Waals surface area contributed by atoms with Crippen molar-refractivity contribution in [1.29, 1.82) is 0 Å². The number of carbonyl (C=O) groups excluding carboxylic acids is 2. The lowest BCUT2D eigenvalue weighted by molar-refractivity contribution is -0.121. The lowest BCUT2D eigenvalue weighted by Gasteiger charge is -2.04. The van der Waals surface area contributed by atoms with Gasteiger partial charge in [-0.25, -0.2) is 4.79 Å². The summed E-state index contributed by atoms with van der Waals surface area (Å²) in [5.74, 6) is -0.239. The molecule has 132 valence electrons. The Hall–Kier alpha value is -3.09. The molecule has 2 aromatic rings. The summed E-state index contributed by atoms with van der Waals surface area (Å²) >= 11 is 0. The first-order chi connectivity index (χ1) is 11.9. The fraction of sp³-hybridized carbons (Fsp3) is 0.278. The number of furan rings is 1. The van der Waals surface area contributed by atoms with Crippen LogP contribution in [0.2, 0.25) is 0 Å². The largest absolute Gasteiger partial charge is 0.497 e. The molecule has 0 aliphatic rings. The highest BCUT2D eigenvalue weighted by Gasteiger charge is 2.14. The van der Waals surface area contributed by atoms with Crippen LogP contribution in [0.15, 0.2) is 34.7 Å². The molecule has 0 radical (unpaired) electrons. The second kappa shape index (κ2) is 8.14. The third kappa shape index (κ3) is 4.94. The lowest BCUT2D eigenvalue weighted by atomic mass is 10.1. The molecular weight excluding hydrogens is 326 g/mol. The Labute approximate surface area is 144 Å². The molecule has 7 nitrogen and oxygen atoms in total. The number of amides is 1. The molecule has 0 aliphatic heterocycles. The van der Waals surface area contributed by atoms with E-state index in [1.165, 1.54) is 6.07 Å². The van der Waals surface area contributed by atoms with E-state index in [2.05, 4.69) is 5.32 Å². The van der Waals surface area contributed by atoms with E-state index < -0.39 is 5.97 Å². The Balaban J connectivity index is 1.81. The van der Waals surface area contributed by atoms with E-state index in [0.717, 1.165) is 0 Å². The number of ketones is 1. The van der Waals surface area contributed by atoms with E-state index in [1.54, 1.807) is 38.3 Å². The minimum absolute atomic E-state index is 0.0380. The van der Waals surface area contributed by atoms with E-state index in [1.807, 2.05) is 0 Å². The number of benzene rings is 1. The van der Waals surface area contributed by atoms with Crippen LogP contribution in [0, 0.1) is 6.92 Å². The first kappa shape index (κ1) is 18.3. The Morgan fingerprint density at radius 1 is 1.16 bits per heavy atom. The van der Waals surface area contributed by atoms with Crippen molar-refractivity contribution in [2.24, 2.45) is 0 Å². The molecule has 1 heterocycles. The molecule has 0 fully saturated rings. The zero-order valence-corrected chi connectivity index (χ0v) is 14.0. The Morgan fingerprint density at radius 3 is 2.40 bits per heavy atom. The van der Waals surface area contributed by atoms with Crippen LogP contribution in [0.1, 0.15) is 45.1 Å². The molecule has 0 atom stereocenters. The van der Waals surface area contributed by atoms with E-state index in [4.69, 9.17) is 14.3 Å². The zero-order valence-electron chi connectivity index (χ0n) is 14.0. The Bertz CT molecular complexity index is 775. The van der Waals surface area contributed by atoms with Gasteiger partial charge in [0.15, 0.2) is 5.78 Å². The average molecular weight is 345 g/mol. The van der Waals surface area contributed by atoms with Gasteiger partial charge in [-0.1, -0.05) is 0 Å². The van der Waals surface area contributed by atoms with Crippen LogP contribution in [-0.4, -0.2) is 29.9 Å². The van der Waals surface area contributed by atoms with Gasteiger partial charge in [0.2, 0.25) is 5.91 Å². The number of carbonyl (C=O) groups is 3. The van der Waals surface area contributed by atoms with Crippen LogP contribution in [-0.2, 0) is 11.3 Å². The van der Waals surface area contributed by atoms with Crippen molar-refractivity contribution in [3.63, 3.8) is 0 Å². The molecule has 7 heteroatoms.